The van der Waals surface area contributed by atoms with E-state index < -0.39 is 11.5 Å². The summed E-state index contributed by atoms with van der Waals surface area (Å²) in [6, 6.07) is 4.75. The molecule has 0 radical (unpaired) electrons. The molecule has 8 heteroatoms. The molecule has 0 aliphatic rings. The number of carbonyl (C=O) groups is 1. The molecule has 0 saturated carbocycles. The molecule has 19 heavy (non-hydrogen) atoms. The largest absolute Gasteiger partial charge is 0.495 e. The molecule has 1 aromatic heterocycles. The Balaban J connectivity index is 2.34. The third-order valence-electron chi connectivity index (χ3n) is 2.43. The van der Waals surface area contributed by atoms with E-state index in [2.05, 4.69) is 15.1 Å². The molecule has 1 amide bonds. The highest BCUT2D eigenvalue weighted by Gasteiger charge is 2.27. The summed E-state index contributed by atoms with van der Waals surface area (Å²) in [6.07, 6.45) is 0. The lowest BCUT2D eigenvalue weighted by Gasteiger charge is -2.08. The minimum Gasteiger partial charge on any atom is -0.495 e. The number of amides is 1. The summed E-state index contributed by atoms with van der Waals surface area (Å²) in [5.41, 5.74) is -0.566. The fourth-order valence-corrected chi connectivity index (χ4v) is 1.72. The van der Waals surface area contributed by atoms with Crippen LogP contribution in [0.2, 0.25) is 5.02 Å². The van der Waals surface area contributed by atoms with Crippen molar-refractivity contribution in [1.29, 1.82) is 0 Å². The molecule has 0 spiro atoms. The second-order valence-electron chi connectivity index (χ2n) is 3.69. The lowest BCUT2D eigenvalue weighted by molar-refractivity contribution is -0.741. The number of ether oxygens (including phenoxy) is 1. The van der Waals surface area contributed by atoms with Crippen molar-refractivity contribution in [3.63, 3.8) is 0 Å². The van der Waals surface area contributed by atoms with Crippen molar-refractivity contribution in [2.24, 2.45) is 7.05 Å². The first kappa shape index (κ1) is 13.2. The third kappa shape index (κ3) is 2.60. The van der Waals surface area contributed by atoms with Crippen molar-refractivity contribution in [2.45, 2.75) is 0 Å². The number of aromatic nitrogens is 2. The zero-order chi connectivity index (χ0) is 14.0. The molecule has 0 atom stereocenters. The first-order valence-electron chi connectivity index (χ1n) is 5.25. The predicted molar refractivity (Wildman–Crippen MR) is 66.5 cm³/mol. The Morgan fingerprint density at radius 2 is 2.26 bits per heavy atom. The highest BCUT2D eigenvalue weighted by Crippen LogP contribution is 2.27. The SMILES string of the molecule is COc1ccc(Cl)cc1NC(=O)c1c(=O)o[nH][n+]1C. The van der Waals surface area contributed by atoms with E-state index >= 15 is 0 Å². The molecule has 1 heterocycles. The number of benzene rings is 1. The van der Waals surface area contributed by atoms with Crippen LogP contribution in [0.15, 0.2) is 27.5 Å². The lowest BCUT2D eigenvalue weighted by Crippen LogP contribution is -2.41. The Morgan fingerprint density at radius 3 is 2.84 bits per heavy atom. The van der Waals surface area contributed by atoms with Gasteiger partial charge in [0.2, 0.25) is 0 Å². The van der Waals surface area contributed by atoms with Gasteiger partial charge in [0.05, 0.1) is 12.8 Å². The quantitative estimate of drug-likeness (QED) is 0.813. The van der Waals surface area contributed by atoms with Crippen LogP contribution in [-0.4, -0.2) is 18.3 Å². The normalized spacial score (nSPS) is 10.3. The van der Waals surface area contributed by atoms with Crippen LogP contribution in [0.1, 0.15) is 10.5 Å². The Labute approximate surface area is 112 Å². The number of anilines is 1. The summed E-state index contributed by atoms with van der Waals surface area (Å²) in [5, 5.41) is 5.22. The fraction of sp³-hybridized carbons (Fsp3) is 0.182. The van der Waals surface area contributed by atoms with Crippen molar-refractivity contribution in [3.8, 4) is 5.75 Å². The number of hydrogen-bond donors (Lipinski definition) is 2. The standard InChI is InChI=1S/C11H10ClN3O4/c1-15-9(11(17)19-14-15)10(16)13-7-5-6(12)3-4-8(7)18-2/h3-5H,1-2H3,(H-,13,14,16,17)/p+1. The lowest BCUT2D eigenvalue weighted by atomic mass is 10.3. The smallest absolute Gasteiger partial charge is 0.440 e. The van der Waals surface area contributed by atoms with Crippen LogP contribution in [0.25, 0.3) is 0 Å². The molecule has 2 N–H and O–H groups in total. The summed E-state index contributed by atoms with van der Waals surface area (Å²) >= 11 is 5.85. The number of carbonyl (C=O) groups excluding carboxylic acids is 1. The summed E-state index contributed by atoms with van der Waals surface area (Å²) < 4.78 is 10.8. The number of methoxy groups -OCH3 is 1. The van der Waals surface area contributed by atoms with E-state index in [0.717, 1.165) is 0 Å². The number of H-pyrrole nitrogens is 1. The van der Waals surface area contributed by atoms with E-state index in [1.54, 1.807) is 12.1 Å². The maximum atomic E-state index is 12.0. The van der Waals surface area contributed by atoms with E-state index in [4.69, 9.17) is 16.3 Å². The average Bonchev–Trinajstić information content (AvgIpc) is 2.69. The van der Waals surface area contributed by atoms with Gasteiger partial charge in [-0.05, 0) is 23.5 Å². The predicted octanol–water partition coefficient (Wildman–Crippen LogP) is 0.707. The molecule has 0 unspecified atom stereocenters. The molecule has 0 bridgehead atoms. The third-order valence-corrected chi connectivity index (χ3v) is 2.66. The van der Waals surface area contributed by atoms with Crippen LogP contribution in [0, 0.1) is 0 Å². The van der Waals surface area contributed by atoms with Crippen molar-refractivity contribution in [1.82, 2.24) is 5.27 Å². The van der Waals surface area contributed by atoms with Gasteiger partial charge in [-0.15, -0.1) is 0 Å². The maximum Gasteiger partial charge on any atom is 0.440 e. The fourth-order valence-electron chi connectivity index (χ4n) is 1.55. The molecule has 7 nitrogen and oxygen atoms in total. The summed E-state index contributed by atoms with van der Waals surface area (Å²) in [7, 11) is 2.94. The van der Waals surface area contributed by atoms with Gasteiger partial charge >= 0.3 is 17.2 Å². The second-order valence-corrected chi connectivity index (χ2v) is 4.12. The monoisotopic (exact) mass is 284 g/mol. The number of nitrogens with zero attached hydrogens (tertiary/aromatic N) is 1. The Morgan fingerprint density at radius 1 is 1.53 bits per heavy atom. The molecule has 2 aromatic rings. The summed E-state index contributed by atoms with van der Waals surface area (Å²) in [4.78, 5) is 23.3. The van der Waals surface area contributed by atoms with Crippen LogP contribution in [0.3, 0.4) is 0 Å². The van der Waals surface area contributed by atoms with Crippen molar-refractivity contribution < 1.29 is 18.7 Å². The van der Waals surface area contributed by atoms with Gasteiger partial charge in [0.15, 0.2) is 7.05 Å². The van der Waals surface area contributed by atoms with Gasteiger partial charge in [0, 0.05) is 5.02 Å². The minimum atomic E-state index is -0.763. The van der Waals surface area contributed by atoms with E-state index in [1.807, 2.05) is 0 Å². The maximum absolute atomic E-state index is 12.0. The molecular formula is C11H11ClN3O4+. The number of nitrogens with one attached hydrogen (secondary N) is 2. The van der Waals surface area contributed by atoms with E-state index in [1.165, 1.54) is 24.9 Å². The Hall–Kier alpha value is -2.28. The van der Waals surface area contributed by atoms with E-state index in [-0.39, 0.29) is 5.69 Å². The number of halogens is 1. The topological polar surface area (TPSA) is 88.2 Å². The van der Waals surface area contributed by atoms with Crippen LogP contribution < -0.4 is 20.4 Å². The Bertz CT molecular complexity index is 677. The van der Waals surface area contributed by atoms with Crippen molar-refractivity contribution in [2.75, 3.05) is 12.4 Å². The molecule has 1 aromatic carbocycles. The Kier molecular flexibility index (Phi) is 3.57. The van der Waals surface area contributed by atoms with Crippen LogP contribution >= 0.6 is 11.6 Å². The van der Waals surface area contributed by atoms with Crippen LogP contribution in [0.4, 0.5) is 5.69 Å². The first-order chi connectivity index (χ1) is 9.02. The molecular weight excluding hydrogens is 274 g/mol. The number of aryl methyl sites for hydroxylation is 1. The number of hydrogen-bond acceptors (Lipinski definition) is 4. The van der Waals surface area contributed by atoms with Crippen molar-refractivity contribution in [3.05, 3.63) is 39.3 Å². The highest BCUT2D eigenvalue weighted by molar-refractivity contribution is 6.31. The number of rotatable bonds is 3. The van der Waals surface area contributed by atoms with Gasteiger partial charge in [-0.25, -0.2) is 4.79 Å². The van der Waals surface area contributed by atoms with Crippen LogP contribution in [-0.2, 0) is 7.05 Å². The molecule has 2 rings (SSSR count). The molecule has 100 valence electrons. The molecule has 0 fully saturated rings. The molecule has 0 saturated heterocycles. The second kappa shape index (κ2) is 5.15. The number of aromatic amines is 1. The average molecular weight is 285 g/mol. The van der Waals surface area contributed by atoms with Gasteiger partial charge in [0.1, 0.15) is 5.75 Å². The van der Waals surface area contributed by atoms with Gasteiger partial charge in [0.25, 0.3) is 0 Å². The molecule has 0 aliphatic carbocycles. The van der Waals surface area contributed by atoms with Gasteiger partial charge in [-0.2, -0.15) is 0 Å². The van der Waals surface area contributed by atoms with Gasteiger partial charge in [-0.1, -0.05) is 16.3 Å². The zero-order valence-corrected chi connectivity index (χ0v) is 10.9. The van der Waals surface area contributed by atoms with E-state index in [0.29, 0.717) is 16.5 Å². The summed E-state index contributed by atoms with van der Waals surface area (Å²) in [6.45, 7) is 0. The van der Waals surface area contributed by atoms with Crippen molar-refractivity contribution >= 4 is 23.2 Å². The van der Waals surface area contributed by atoms with E-state index in [9.17, 15) is 9.59 Å². The van der Waals surface area contributed by atoms with Gasteiger partial charge < -0.3 is 10.1 Å². The summed E-state index contributed by atoms with van der Waals surface area (Å²) in [5.74, 6) is -0.196. The molecule has 0 aliphatic heterocycles. The minimum absolute atomic E-state index is 0.165. The van der Waals surface area contributed by atoms with Gasteiger partial charge in [-0.3, -0.25) is 9.32 Å². The zero-order valence-electron chi connectivity index (χ0n) is 10.2. The van der Waals surface area contributed by atoms with Crippen LogP contribution in [0.5, 0.6) is 5.75 Å². The highest BCUT2D eigenvalue weighted by atomic mass is 35.5. The first-order valence-corrected chi connectivity index (χ1v) is 5.63.